The molecule has 1 aliphatic heterocycles. The van der Waals surface area contributed by atoms with Gasteiger partial charge in [0.25, 0.3) is 0 Å². The summed E-state index contributed by atoms with van der Waals surface area (Å²) < 4.78 is 17.2. The molecule has 1 aromatic carbocycles. The number of pyridine rings is 1. The van der Waals surface area contributed by atoms with Crippen LogP contribution in [0.2, 0.25) is 0 Å². The Labute approximate surface area is 159 Å². The number of aryl methyl sites for hydroxylation is 1. The van der Waals surface area contributed by atoms with E-state index in [1.165, 1.54) is 5.56 Å². The summed E-state index contributed by atoms with van der Waals surface area (Å²) in [5.74, 6) is 2.12. The van der Waals surface area contributed by atoms with Crippen LogP contribution in [-0.4, -0.2) is 29.3 Å². The van der Waals surface area contributed by atoms with E-state index in [0.717, 1.165) is 42.9 Å². The summed E-state index contributed by atoms with van der Waals surface area (Å²) in [4.78, 5) is 9.01. The molecule has 4 rings (SSSR count). The van der Waals surface area contributed by atoms with Crippen molar-refractivity contribution in [3.05, 3.63) is 65.7 Å². The molecule has 140 valence electrons. The highest BCUT2D eigenvalue weighted by Crippen LogP contribution is 2.22. The van der Waals surface area contributed by atoms with E-state index in [9.17, 15) is 0 Å². The van der Waals surface area contributed by atoms with Crippen molar-refractivity contribution in [2.45, 2.75) is 38.7 Å². The van der Waals surface area contributed by atoms with Crippen LogP contribution in [0.1, 0.15) is 29.9 Å². The lowest BCUT2D eigenvalue weighted by atomic mass is 10.1. The highest BCUT2D eigenvalue weighted by Gasteiger charge is 2.16. The Hall–Kier alpha value is -2.66. The first-order valence-corrected chi connectivity index (χ1v) is 9.49. The Balaban J connectivity index is 1.30. The molecule has 5 heteroatoms. The summed E-state index contributed by atoms with van der Waals surface area (Å²) in [5.41, 5.74) is 3.09. The van der Waals surface area contributed by atoms with Crippen LogP contribution in [0.25, 0.3) is 11.5 Å². The SMILES string of the molecule is Cc1oc(-c2ccccc2)nc1CCOc1ccc(CC2CCCO2)cn1. The number of aromatic nitrogens is 2. The number of ether oxygens (including phenoxy) is 2. The fourth-order valence-electron chi connectivity index (χ4n) is 3.30. The molecule has 0 bridgehead atoms. The molecule has 1 aliphatic rings. The Kier molecular flexibility index (Phi) is 5.49. The maximum absolute atomic E-state index is 5.79. The Morgan fingerprint density at radius 1 is 1.15 bits per heavy atom. The summed E-state index contributed by atoms with van der Waals surface area (Å²) >= 11 is 0. The Morgan fingerprint density at radius 3 is 2.78 bits per heavy atom. The van der Waals surface area contributed by atoms with Gasteiger partial charge in [-0.3, -0.25) is 0 Å². The van der Waals surface area contributed by atoms with Gasteiger partial charge in [-0.05, 0) is 37.5 Å². The van der Waals surface area contributed by atoms with Crippen molar-refractivity contribution in [3.63, 3.8) is 0 Å². The molecule has 0 amide bonds. The molecule has 5 nitrogen and oxygen atoms in total. The van der Waals surface area contributed by atoms with E-state index >= 15 is 0 Å². The zero-order valence-corrected chi connectivity index (χ0v) is 15.6. The second kappa shape index (κ2) is 8.35. The van der Waals surface area contributed by atoms with Crippen LogP contribution in [0.3, 0.4) is 0 Å². The standard InChI is InChI=1S/C22H24N2O3/c1-16-20(24-22(27-16)18-6-3-2-4-7-18)11-13-26-21-10-9-17(15-23-21)14-19-8-5-12-25-19/h2-4,6-7,9-10,15,19H,5,8,11-14H2,1H3. The van der Waals surface area contributed by atoms with Crippen LogP contribution < -0.4 is 4.74 Å². The summed E-state index contributed by atoms with van der Waals surface area (Å²) in [6.45, 7) is 3.33. The van der Waals surface area contributed by atoms with Crippen LogP contribution in [0, 0.1) is 6.92 Å². The number of oxazole rings is 1. The molecule has 27 heavy (non-hydrogen) atoms. The van der Waals surface area contributed by atoms with E-state index in [1.54, 1.807) is 0 Å². The molecule has 0 spiro atoms. The van der Waals surface area contributed by atoms with E-state index in [-0.39, 0.29) is 0 Å². The van der Waals surface area contributed by atoms with Crippen molar-refractivity contribution in [2.75, 3.05) is 13.2 Å². The molecule has 1 unspecified atom stereocenters. The van der Waals surface area contributed by atoms with Gasteiger partial charge in [0.05, 0.1) is 18.4 Å². The van der Waals surface area contributed by atoms with Gasteiger partial charge < -0.3 is 13.9 Å². The zero-order chi connectivity index (χ0) is 18.5. The third kappa shape index (κ3) is 4.55. The van der Waals surface area contributed by atoms with Gasteiger partial charge in [0.15, 0.2) is 0 Å². The predicted molar refractivity (Wildman–Crippen MR) is 103 cm³/mol. The molecule has 1 fully saturated rings. The minimum atomic E-state index is 0.340. The third-order valence-corrected chi connectivity index (χ3v) is 4.79. The van der Waals surface area contributed by atoms with Gasteiger partial charge in [-0.2, -0.15) is 0 Å². The van der Waals surface area contributed by atoms with Crippen molar-refractivity contribution in [1.82, 2.24) is 9.97 Å². The van der Waals surface area contributed by atoms with E-state index in [0.29, 0.717) is 30.9 Å². The van der Waals surface area contributed by atoms with Gasteiger partial charge in [-0.25, -0.2) is 9.97 Å². The van der Waals surface area contributed by atoms with E-state index in [4.69, 9.17) is 13.9 Å². The summed E-state index contributed by atoms with van der Waals surface area (Å²) in [7, 11) is 0. The molecule has 1 atom stereocenters. The molecule has 0 aliphatic carbocycles. The molecule has 0 N–H and O–H groups in total. The highest BCUT2D eigenvalue weighted by molar-refractivity contribution is 5.53. The maximum atomic E-state index is 5.79. The van der Waals surface area contributed by atoms with Gasteiger partial charge in [-0.1, -0.05) is 24.3 Å². The molecular weight excluding hydrogens is 340 g/mol. The summed E-state index contributed by atoms with van der Waals surface area (Å²) in [6.07, 6.45) is 6.13. The van der Waals surface area contributed by atoms with Crippen LogP contribution in [0.5, 0.6) is 5.88 Å². The van der Waals surface area contributed by atoms with Crippen LogP contribution >= 0.6 is 0 Å². The van der Waals surface area contributed by atoms with Gasteiger partial charge >= 0.3 is 0 Å². The first-order chi connectivity index (χ1) is 13.3. The summed E-state index contributed by atoms with van der Waals surface area (Å²) in [5, 5.41) is 0. The fraction of sp³-hybridized carbons (Fsp3) is 0.364. The zero-order valence-electron chi connectivity index (χ0n) is 15.6. The smallest absolute Gasteiger partial charge is 0.226 e. The number of rotatable bonds is 7. The maximum Gasteiger partial charge on any atom is 0.226 e. The van der Waals surface area contributed by atoms with Crippen LogP contribution in [0.15, 0.2) is 53.1 Å². The topological polar surface area (TPSA) is 57.4 Å². The molecule has 2 aromatic heterocycles. The van der Waals surface area contributed by atoms with Crippen LogP contribution in [0.4, 0.5) is 0 Å². The molecule has 3 aromatic rings. The average molecular weight is 364 g/mol. The van der Waals surface area contributed by atoms with Gasteiger partial charge in [0.1, 0.15) is 5.76 Å². The number of hydrogen-bond donors (Lipinski definition) is 0. The fourth-order valence-corrected chi connectivity index (χ4v) is 3.30. The lowest BCUT2D eigenvalue weighted by molar-refractivity contribution is 0.111. The normalized spacial score (nSPS) is 16.6. The molecule has 0 radical (unpaired) electrons. The van der Waals surface area contributed by atoms with Gasteiger partial charge in [0, 0.05) is 37.3 Å². The molecule has 0 saturated carbocycles. The number of benzene rings is 1. The van der Waals surface area contributed by atoms with E-state index in [2.05, 4.69) is 16.0 Å². The van der Waals surface area contributed by atoms with Crippen molar-refractivity contribution < 1.29 is 13.9 Å². The van der Waals surface area contributed by atoms with Gasteiger partial charge in [0.2, 0.25) is 11.8 Å². The lowest BCUT2D eigenvalue weighted by Gasteiger charge is -2.09. The quantitative estimate of drug-likeness (QED) is 0.622. The first-order valence-electron chi connectivity index (χ1n) is 9.49. The average Bonchev–Trinajstić information content (AvgIpc) is 3.34. The van der Waals surface area contributed by atoms with Crippen molar-refractivity contribution in [1.29, 1.82) is 0 Å². The monoisotopic (exact) mass is 364 g/mol. The highest BCUT2D eigenvalue weighted by atomic mass is 16.5. The van der Waals surface area contributed by atoms with Crippen LogP contribution in [-0.2, 0) is 17.6 Å². The largest absolute Gasteiger partial charge is 0.477 e. The predicted octanol–water partition coefficient (Wildman–Crippen LogP) is 4.39. The summed E-state index contributed by atoms with van der Waals surface area (Å²) in [6, 6.07) is 13.9. The molecular formula is C22H24N2O3. The van der Waals surface area contributed by atoms with Gasteiger partial charge in [-0.15, -0.1) is 0 Å². The van der Waals surface area contributed by atoms with E-state index in [1.807, 2.05) is 49.5 Å². The Bertz CT molecular complexity index is 853. The minimum absolute atomic E-state index is 0.340. The molecule has 1 saturated heterocycles. The first kappa shape index (κ1) is 17.7. The molecule has 3 heterocycles. The van der Waals surface area contributed by atoms with Crippen molar-refractivity contribution >= 4 is 0 Å². The Morgan fingerprint density at radius 2 is 2.04 bits per heavy atom. The van der Waals surface area contributed by atoms with E-state index < -0.39 is 0 Å². The second-order valence-corrected chi connectivity index (χ2v) is 6.83. The third-order valence-electron chi connectivity index (χ3n) is 4.79. The lowest BCUT2D eigenvalue weighted by Crippen LogP contribution is -2.09. The number of hydrogen-bond acceptors (Lipinski definition) is 5. The van der Waals surface area contributed by atoms with Crippen molar-refractivity contribution in [2.24, 2.45) is 0 Å². The second-order valence-electron chi connectivity index (χ2n) is 6.83. The minimum Gasteiger partial charge on any atom is -0.477 e. The number of nitrogens with zero attached hydrogens (tertiary/aromatic N) is 2. The van der Waals surface area contributed by atoms with Crippen molar-refractivity contribution in [3.8, 4) is 17.3 Å².